The summed E-state index contributed by atoms with van der Waals surface area (Å²) in [6.07, 6.45) is 0. The topological polar surface area (TPSA) is 69.3 Å². The third kappa shape index (κ3) is 5.85. The Bertz CT molecular complexity index is 981. The van der Waals surface area contributed by atoms with Crippen LogP contribution >= 0.6 is 11.3 Å². The molecule has 32 heavy (non-hydrogen) atoms. The predicted octanol–water partition coefficient (Wildman–Crippen LogP) is 4.11. The van der Waals surface area contributed by atoms with Crippen LogP contribution in [0.25, 0.3) is 0 Å². The van der Waals surface area contributed by atoms with E-state index in [-0.39, 0.29) is 12.5 Å². The SMILES string of the molecule is COc1ccc(N(CC(=O)NCc2cc(OC)c(OC)c(OC)c2)Cc2cccs2)cc1. The molecule has 1 N–H and O–H groups in total. The van der Waals surface area contributed by atoms with Crippen molar-refractivity contribution in [3.63, 3.8) is 0 Å². The molecular formula is C24H28N2O5S. The lowest BCUT2D eigenvalue weighted by Gasteiger charge is -2.24. The number of carbonyl (C=O) groups excluding carboxylic acids is 1. The zero-order valence-corrected chi connectivity index (χ0v) is 19.5. The van der Waals surface area contributed by atoms with E-state index in [1.165, 1.54) is 4.88 Å². The van der Waals surface area contributed by atoms with E-state index in [2.05, 4.69) is 11.4 Å². The van der Waals surface area contributed by atoms with Crippen LogP contribution in [-0.4, -0.2) is 40.9 Å². The average molecular weight is 457 g/mol. The Morgan fingerprint density at radius 3 is 2.16 bits per heavy atom. The molecule has 0 radical (unpaired) electrons. The van der Waals surface area contributed by atoms with E-state index in [1.54, 1.807) is 39.8 Å². The van der Waals surface area contributed by atoms with Crippen molar-refractivity contribution in [2.24, 2.45) is 0 Å². The van der Waals surface area contributed by atoms with Crippen LogP contribution in [0.2, 0.25) is 0 Å². The van der Waals surface area contributed by atoms with E-state index < -0.39 is 0 Å². The smallest absolute Gasteiger partial charge is 0.239 e. The van der Waals surface area contributed by atoms with Crippen LogP contribution < -0.4 is 29.2 Å². The maximum Gasteiger partial charge on any atom is 0.239 e. The molecule has 2 aromatic carbocycles. The van der Waals surface area contributed by atoms with Crippen LogP contribution in [0.5, 0.6) is 23.0 Å². The first-order chi connectivity index (χ1) is 15.6. The minimum absolute atomic E-state index is 0.0916. The maximum absolute atomic E-state index is 12.8. The summed E-state index contributed by atoms with van der Waals surface area (Å²) >= 11 is 1.66. The molecule has 0 atom stereocenters. The number of nitrogens with zero attached hydrogens (tertiary/aromatic N) is 1. The van der Waals surface area contributed by atoms with Gasteiger partial charge in [0, 0.05) is 17.1 Å². The largest absolute Gasteiger partial charge is 0.497 e. The number of benzene rings is 2. The van der Waals surface area contributed by atoms with Crippen molar-refractivity contribution in [2.45, 2.75) is 13.1 Å². The maximum atomic E-state index is 12.8. The van der Waals surface area contributed by atoms with Crippen molar-refractivity contribution >= 4 is 22.9 Å². The van der Waals surface area contributed by atoms with Crippen molar-refractivity contribution < 1.29 is 23.7 Å². The monoisotopic (exact) mass is 456 g/mol. The van der Waals surface area contributed by atoms with Gasteiger partial charge in [-0.1, -0.05) is 6.07 Å². The van der Waals surface area contributed by atoms with Crippen molar-refractivity contribution in [3.8, 4) is 23.0 Å². The molecule has 0 saturated heterocycles. The molecule has 1 aromatic heterocycles. The van der Waals surface area contributed by atoms with Gasteiger partial charge in [0.25, 0.3) is 0 Å². The van der Waals surface area contributed by atoms with Gasteiger partial charge in [0.05, 0.1) is 41.5 Å². The molecule has 0 aliphatic rings. The predicted molar refractivity (Wildman–Crippen MR) is 126 cm³/mol. The third-order valence-electron chi connectivity index (χ3n) is 4.91. The number of methoxy groups -OCH3 is 4. The van der Waals surface area contributed by atoms with Gasteiger partial charge in [0.2, 0.25) is 11.7 Å². The molecule has 8 heteroatoms. The molecule has 3 rings (SSSR count). The van der Waals surface area contributed by atoms with E-state index in [4.69, 9.17) is 18.9 Å². The molecule has 0 fully saturated rings. The summed E-state index contributed by atoms with van der Waals surface area (Å²) in [5.74, 6) is 2.30. The Kier molecular flexibility index (Phi) is 8.21. The van der Waals surface area contributed by atoms with Crippen LogP contribution in [-0.2, 0) is 17.9 Å². The van der Waals surface area contributed by atoms with Gasteiger partial charge in [-0.15, -0.1) is 11.3 Å². The molecule has 1 amide bonds. The molecule has 0 saturated carbocycles. The van der Waals surface area contributed by atoms with E-state index >= 15 is 0 Å². The molecule has 0 spiro atoms. The minimum Gasteiger partial charge on any atom is -0.497 e. The Balaban J connectivity index is 1.71. The number of anilines is 1. The second-order valence-corrected chi connectivity index (χ2v) is 7.98. The fourth-order valence-electron chi connectivity index (χ4n) is 3.29. The molecule has 0 aliphatic carbocycles. The number of carbonyl (C=O) groups is 1. The number of rotatable bonds is 11. The second-order valence-electron chi connectivity index (χ2n) is 6.94. The molecule has 0 bridgehead atoms. The Morgan fingerprint density at radius 1 is 0.938 bits per heavy atom. The summed E-state index contributed by atoms with van der Waals surface area (Å²) in [6.45, 7) is 1.20. The summed E-state index contributed by atoms with van der Waals surface area (Å²) in [4.78, 5) is 16.0. The van der Waals surface area contributed by atoms with Crippen molar-refractivity contribution in [3.05, 3.63) is 64.4 Å². The van der Waals surface area contributed by atoms with Crippen LogP contribution in [0.15, 0.2) is 53.9 Å². The molecule has 3 aromatic rings. The van der Waals surface area contributed by atoms with Crippen molar-refractivity contribution in [1.29, 1.82) is 0 Å². The molecular weight excluding hydrogens is 428 g/mol. The number of thiophene rings is 1. The quantitative estimate of drug-likeness (QED) is 0.468. The lowest BCUT2D eigenvalue weighted by atomic mass is 10.1. The summed E-state index contributed by atoms with van der Waals surface area (Å²) in [5.41, 5.74) is 1.80. The zero-order chi connectivity index (χ0) is 22.9. The van der Waals surface area contributed by atoms with E-state index in [0.717, 1.165) is 17.0 Å². The third-order valence-corrected chi connectivity index (χ3v) is 5.77. The van der Waals surface area contributed by atoms with Crippen LogP contribution in [0.4, 0.5) is 5.69 Å². The lowest BCUT2D eigenvalue weighted by molar-refractivity contribution is -0.119. The molecule has 1 heterocycles. The Morgan fingerprint density at radius 2 is 1.62 bits per heavy atom. The fraction of sp³-hybridized carbons (Fsp3) is 0.292. The van der Waals surface area contributed by atoms with Gasteiger partial charge in [0.1, 0.15) is 5.75 Å². The summed E-state index contributed by atoms with van der Waals surface area (Å²) in [6, 6.07) is 15.4. The number of hydrogen-bond donors (Lipinski definition) is 1. The van der Waals surface area contributed by atoms with Gasteiger partial charge in [-0.3, -0.25) is 4.79 Å². The number of hydrogen-bond acceptors (Lipinski definition) is 7. The van der Waals surface area contributed by atoms with Crippen molar-refractivity contribution in [1.82, 2.24) is 5.32 Å². The van der Waals surface area contributed by atoms with Gasteiger partial charge in [-0.05, 0) is 53.4 Å². The van der Waals surface area contributed by atoms with E-state index in [9.17, 15) is 4.79 Å². The minimum atomic E-state index is -0.0916. The molecule has 170 valence electrons. The van der Waals surface area contributed by atoms with Gasteiger partial charge < -0.3 is 29.2 Å². The number of amides is 1. The second kappa shape index (κ2) is 11.3. The summed E-state index contributed by atoms with van der Waals surface area (Å²) < 4.78 is 21.4. The fourth-order valence-corrected chi connectivity index (χ4v) is 4.01. The van der Waals surface area contributed by atoms with Crippen LogP contribution in [0, 0.1) is 0 Å². The first-order valence-corrected chi connectivity index (χ1v) is 10.9. The molecule has 0 aliphatic heterocycles. The number of ether oxygens (including phenoxy) is 4. The van der Waals surface area contributed by atoms with Crippen LogP contribution in [0.3, 0.4) is 0 Å². The molecule has 0 unspecified atom stereocenters. The highest BCUT2D eigenvalue weighted by Crippen LogP contribution is 2.38. The Hall–Kier alpha value is -3.39. The normalized spacial score (nSPS) is 10.4. The van der Waals surface area contributed by atoms with Crippen molar-refractivity contribution in [2.75, 3.05) is 39.9 Å². The van der Waals surface area contributed by atoms with Gasteiger partial charge in [0.15, 0.2) is 11.5 Å². The van der Waals surface area contributed by atoms with E-state index in [0.29, 0.717) is 30.3 Å². The average Bonchev–Trinajstić information content (AvgIpc) is 3.34. The summed E-state index contributed by atoms with van der Waals surface area (Å²) in [7, 11) is 6.33. The standard InChI is InChI=1S/C24H28N2O5S/c1-28-19-9-7-18(8-10-19)26(15-20-6-5-11-32-20)16-23(27)25-14-17-12-21(29-2)24(31-4)22(13-17)30-3/h5-13H,14-16H2,1-4H3,(H,25,27). The number of nitrogens with one attached hydrogen (secondary N) is 1. The first-order valence-electron chi connectivity index (χ1n) is 10.0. The Labute approximate surface area is 192 Å². The first kappa shape index (κ1) is 23.3. The zero-order valence-electron chi connectivity index (χ0n) is 18.7. The van der Waals surface area contributed by atoms with E-state index in [1.807, 2.05) is 52.7 Å². The lowest BCUT2D eigenvalue weighted by Crippen LogP contribution is -2.36. The van der Waals surface area contributed by atoms with Crippen LogP contribution in [0.1, 0.15) is 10.4 Å². The van der Waals surface area contributed by atoms with Gasteiger partial charge >= 0.3 is 0 Å². The highest BCUT2D eigenvalue weighted by Gasteiger charge is 2.16. The highest BCUT2D eigenvalue weighted by molar-refractivity contribution is 7.09. The van der Waals surface area contributed by atoms with Gasteiger partial charge in [-0.25, -0.2) is 0 Å². The summed E-state index contributed by atoms with van der Waals surface area (Å²) in [5, 5.41) is 5.02. The molecule has 7 nitrogen and oxygen atoms in total. The highest BCUT2D eigenvalue weighted by atomic mass is 32.1. The van der Waals surface area contributed by atoms with Gasteiger partial charge in [-0.2, -0.15) is 0 Å².